The van der Waals surface area contributed by atoms with Crippen LogP contribution in [0.5, 0.6) is 0 Å². The highest BCUT2D eigenvalue weighted by Gasteiger charge is 2.38. The molecule has 4 atom stereocenters. The summed E-state index contributed by atoms with van der Waals surface area (Å²) in [4.78, 5) is 0. The zero-order chi connectivity index (χ0) is 8.55. The summed E-state index contributed by atoms with van der Waals surface area (Å²) < 4.78 is 0. The molecular weight excluding hydrogens is 154 g/mol. The largest absolute Gasteiger partial charge is 0.396 e. The van der Waals surface area contributed by atoms with Crippen LogP contribution in [-0.4, -0.2) is 36.0 Å². The average Bonchev–Trinajstić information content (AvgIpc) is 2.49. The summed E-state index contributed by atoms with van der Waals surface area (Å²) in [6.07, 6.45) is 1.61. The zero-order valence-electron chi connectivity index (χ0n) is 7.24. The summed E-state index contributed by atoms with van der Waals surface area (Å²) in [5.41, 5.74) is 0. The lowest BCUT2D eigenvalue weighted by Crippen LogP contribution is -2.36. The highest BCUT2D eigenvalue weighted by atomic mass is 16.3. The smallest absolute Gasteiger partial charge is 0.0593 e. The Kier molecular flexibility index (Phi) is 2.35. The van der Waals surface area contributed by atoms with E-state index < -0.39 is 0 Å². The molecule has 1 aliphatic carbocycles. The molecular formula is C9H17NO2. The number of rotatable bonds is 1. The van der Waals surface area contributed by atoms with Crippen molar-refractivity contribution in [2.75, 3.05) is 19.7 Å². The number of hydrogen-bond donors (Lipinski definition) is 3. The standard InChI is InChI=1S/C9H17NO2/c11-5-8-1-6-3-10-4-7(6)2-9(8)12/h6-12H,1-5H2. The van der Waals surface area contributed by atoms with E-state index in [-0.39, 0.29) is 18.6 Å². The van der Waals surface area contributed by atoms with Gasteiger partial charge in [-0.2, -0.15) is 0 Å². The minimum Gasteiger partial charge on any atom is -0.396 e. The van der Waals surface area contributed by atoms with Crippen molar-refractivity contribution in [1.82, 2.24) is 5.32 Å². The van der Waals surface area contributed by atoms with E-state index in [1.54, 1.807) is 0 Å². The Bertz CT molecular complexity index is 163. The molecule has 0 spiro atoms. The van der Waals surface area contributed by atoms with Gasteiger partial charge in [0.05, 0.1) is 6.10 Å². The van der Waals surface area contributed by atoms with Gasteiger partial charge in [0.15, 0.2) is 0 Å². The van der Waals surface area contributed by atoms with Gasteiger partial charge in [0.1, 0.15) is 0 Å². The highest BCUT2D eigenvalue weighted by molar-refractivity contribution is 4.91. The van der Waals surface area contributed by atoms with Crippen LogP contribution in [0.1, 0.15) is 12.8 Å². The maximum absolute atomic E-state index is 9.63. The van der Waals surface area contributed by atoms with E-state index in [1.165, 1.54) is 0 Å². The molecule has 2 aliphatic rings. The molecule has 0 radical (unpaired) electrons. The third-order valence-electron chi connectivity index (χ3n) is 3.41. The number of aliphatic hydroxyl groups is 2. The number of hydrogen-bond acceptors (Lipinski definition) is 3. The minimum atomic E-state index is -0.267. The Labute approximate surface area is 72.8 Å². The number of aliphatic hydroxyl groups excluding tert-OH is 2. The average molecular weight is 171 g/mol. The Morgan fingerprint density at radius 2 is 1.83 bits per heavy atom. The van der Waals surface area contributed by atoms with Crippen molar-refractivity contribution >= 4 is 0 Å². The molecule has 0 aromatic rings. The second-order valence-corrected chi connectivity index (χ2v) is 4.16. The van der Waals surface area contributed by atoms with Crippen LogP contribution in [0.3, 0.4) is 0 Å². The van der Waals surface area contributed by atoms with Crippen molar-refractivity contribution in [3.63, 3.8) is 0 Å². The molecule has 3 nitrogen and oxygen atoms in total. The summed E-state index contributed by atoms with van der Waals surface area (Å²) >= 11 is 0. The Morgan fingerprint density at radius 1 is 1.17 bits per heavy atom. The van der Waals surface area contributed by atoms with E-state index in [0.717, 1.165) is 25.9 Å². The SMILES string of the molecule is OCC1CC2CNCC2CC1O. The second kappa shape index (κ2) is 3.32. The molecule has 1 aliphatic heterocycles. The zero-order valence-corrected chi connectivity index (χ0v) is 7.24. The maximum atomic E-state index is 9.63. The van der Waals surface area contributed by atoms with Gasteiger partial charge in [0, 0.05) is 12.5 Å². The Hall–Kier alpha value is -0.120. The van der Waals surface area contributed by atoms with E-state index in [2.05, 4.69) is 5.32 Å². The predicted molar refractivity (Wildman–Crippen MR) is 45.7 cm³/mol. The molecule has 1 saturated carbocycles. The van der Waals surface area contributed by atoms with Crippen molar-refractivity contribution in [1.29, 1.82) is 0 Å². The van der Waals surface area contributed by atoms with Gasteiger partial charge in [-0.1, -0.05) is 0 Å². The van der Waals surface area contributed by atoms with Gasteiger partial charge in [-0.25, -0.2) is 0 Å². The van der Waals surface area contributed by atoms with Crippen LogP contribution in [0.2, 0.25) is 0 Å². The third-order valence-corrected chi connectivity index (χ3v) is 3.41. The van der Waals surface area contributed by atoms with Crippen LogP contribution < -0.4 is 5.32 Å². The van der Waals surface area contributed by atoms with Crippen LogP contribution in [-0.2, 0) is 0 Å². The first-order valence-electron chi connectivity index (χ1n) is 4.81. The molecule has 3 heteroatoms. The van der Waals surface area contributed by atoms with Gasteiger partial charge in [0.25, 0.3) is 0 Å². The highest BCUT2D eigenvalue weighted by Crippen LogP contribution is 2.35. The lowest BCUT2D eigenvalue weighted by molar-refractivity contribution is 0.00266. The summed E-state index contributed by atoms with van der Waals surface area (Å²) in [5.74, 6) is 1.49. The molecule has 2 rings (SSSR count). The third kappa shape index (κ3) is 1.37. The van der Waals surface area contributed by atoms with Crippen LogP contribution >= 0.6 is 0 Å². The molecule has 0 bridgehead atoms. The first-order chi connectivity index (χ1) is 5.81. The summed E-state index contributed by atoms with van der Waals surface area (Å²) in [6.45, 7) is 2.28. The predicted octanol–water partition coefficient (Wildman–Crippen LogP) is -0.415. The fourth-order valence-corrected chi connectivity index (χ4v) is 2.58. The topological polar surface area (TPSA) is 52.5 Å². The first kappa shape index (κ1) is 8.48. The molecule has 0 aromatic carbocycles. The molecule has 0 aromatic heterocycles. The summed E-state index contributed by atoms with van der Waals surface area (Å²) in [6, 6.07) is 0. The van der Waals surface area contributed by atoms with Crippen LogP contribution in [0.25, 0.3) is 0 Å². The fourth-order valence-electron chi connectivity index (χ4n) is 2.58. The molecule has 12 heavy (non-hydrogen) atoms. The molecule has 0 amide bonds. The quantitative estimate of drug-likeness (QED) is 0.502. The van der Waals surface area contributed by atoms with Gasteiger partial charge in [-0.3, -0.25) is 0 Å². The lowest BCUT2D eigenvalue weighted by Gasteiger charge is -2.34. The van der Waals surface area contributed by atoms with Gasteiger partial charge in [-0.05, 0) is 37.8 Å². The Morgan fingerprint density at radius 3 is 2.50 bits per heavy atom. The molecule has 2 fully saturated rings. The monoisotopic (exact) mass is 171 g/mol. The summed E-state index contributed by atoms with van der Waals surface area (Å²) in [5, 5.41) is 22.0. The van der Waals surface area contributed by atoms with Gasteiger partial charge >= 0.3 is 0 Å². The lowest BCUT2D eigenvalue weighted by atomic mass is 9.74. The minimum absolute atomic E-state index is 0.131. The van der Waals surface area contributed by atoms with Crippen molar-refractivity contribution in [2.24, 2.45) is 17.8 Å². The maximum Gasteiger partial charge on any atom is 0.0593 e. The molecule has 70 valence electrons. The van der Waals surface area contributed by atoms with E-state index >= 15 is 0 Å². The Balaban J connectivity index is 1.98. The molecule has 1 heterocycles. The van der Waals surface area contributed by atoms with Crippen molar-refractivity contribution in [2.45, 2.75) is 18.9 Å². The first-order valence-corrected chi connectivity index (χ1v) is 4.81. The number of nitrogens with one attached hydrogen (secondary N) is 1. The van der Waals surface area contributed by atoms with Crippen molar-refractivity contribution < 1.29 is 10.2 Å². The van der Waals surface area contributed by atoms with Gasteiger partial charge in [0.2, 0.25) is 0 Å². The van der Waals surface area contributed by atoms with Crippen molar-refractivity contribution in [3.05, 3.63) is 0 Å². The van der Waals surface area contributed by atoms with E-state index in [4.69, 9.17) is 5.11 Å². The molecule has 1 saturated heterocycles. The van der Waals surface area contributed by atoms with Crippen LogP contribution in [0, 0.1) is 17.8 Å². The molecule has 4 unspecified atom stereocenters. The van der Waals surface area contributed by atoms with Crippen LogP contribution in [0.15, 0.2) is 0 Å². The molecule has 3 N–H and O–H groups in total. The number of fused-ring (bicyclic) bond motifs is 1. The summed E-state index contributed by atoms with van der Waals surface area (Å²) in [7, 11) is 0. The fraction of sp³-hybridized carbons (Fsp3) is 1.00. The van der Waals surface area contributed by atoms with E-state index in [9.17, 15) is 5.11 Å². The van der Waals surface area contributed by atoms with Gasteiger partial charge in [-0.15, -0.1) is 0 Å². The van der Waals surface area contributed by atoms with Gasteiger partial charge < -0.3 is 15.5 Å². The van der Waals surface area contributed by atoms with E-state index in [0.29, 0.717) is 11.8 Å². The second-order valence-electron chi connectivity index (χ2n) is 4.16. The van der Waals surface area contributed by atoms with E-state index in [1.807, 2.05) is 0 Å². The van der Waals surface area contributed by atoms with Crippen LogP contribution in [0.4, 0.5) is 0 Å². The normalized spacial score (nSPS) is 47.5. The van der Waals surface area contributed by atoms with Crippen molar-refractivity contribution in [3.8, 4) is 0 Å².